The van der Waals surface area contributed by atoms with Gasteiger partial charge < -0.3 is 14.6 Å². The fourth-order valence-corrected chi connectivity index (χ4v) is 6.74. The molecule has 4 saturated carbocycles. The molecule has 0 saturated heterocycles. The number of hydrogen-bond acceptors (Lipinski definition) is 5. The first-order chi connectivity index (χ1) is 16.2. The van der Waals surface area contributed by atoms with Crippen molar-refractivity contribution in [3.8, 4) is 6.07 Å². The summed E-state index contributed by atoms with van der Waals surface area (Å²) < 4.78 is 7.15. The van der Waals surface area contributed by atoms with Crippen molar-refractivity contribution >= 4 is 24.0 Å². The zero-order chi connectivity index (χ0) is 24.5. The number of nitriles is 1. The fourth-order valence-electron chi connectivity index (χ4n) is 6.74. The molecule has 5 rings (SSSR count). The number of hydrogen-bond donors (Lipinski definition) is 2. The molecule has 1 aromatic rings. The smallest absolute Gasteiger partial charge is 0.349 e. The Morgan fingerprint density at radius 3 is 2.35 bits per heavy atom. The Bertz CT molecular complexity index is 1030. The maximum absolute atomic E-state index is 12.5. The van der Waals surface area contributed by atoms with Crippen molar-refractivity contribution in [3.63, 3.8) is 0 Å². The second-order valence-electron chi connectivity index (χ2n) is 10.4. The Labute approximate surface area is 200 Å². The van der Waals surface area contributed by atoms with Gasteiger partial charge in [-0.05, 0) is 94.3 Å². The summed E-state index contributed by atoms with van der Waals surface area (Å²) in [5.41, 5.74) is 2.36. The minimum Gasteiger partial charge on any atom is -0.451 e. The van der Waals surface area contributed by atoms with Crippen LogP contribution in [-0.2, 0) is 20.9 Å². The molecular formula is C26H34N4O4. The van der Waals surface area contributed by atoms with Crippen molar-refractivity contribution in [3.05, 3.63) is 28.6 Å². The van der Waals surface area contributed by atoms with E-state index in [1.54, 1.807) is 0 Å². The van der Waals surface area contributed by atoms with Crippen molar-refractivity contribution in [1.82, 2.24) is 15.2 Å². The SMILES string of the molecule is CCCn1c(C)cc(C=C(C#N)C(=O)OCC(=O)NC(=O)NC23CC4CC(CC(C4)C2)C3)c1C. The number of nitrogens with one attached hydrogen (secondary N) is 2. The average Bonchev–Trinajstić information content (AvgIpc) is 3.02. The summed E-state index contributed by atoms with van der Waals surface area (Å²) in [5.74, 6) is 0.413. The van der Waals surface area contributed by atoms with Crippen molar-refractivity contribution in [1.29, 1.82) is 5.26 Å². The number of ether oxygens (including phenoxy) is 1. The van der Waals surface area contributed by atoms with E-state index in [0.717, 1.165) is 49.2 Å². The molecule has 0 radical (unpaired) electrons. The first-order valence-corrected chi connectivity index (χ1v) is 12.3. The highest BCUT2D eigenvalue weighted by Crippen LogP contribution is 2.55. The monoisotopic (exact) mass is 466 g/mol. The first-order valence-electron chi connectivity index (χ1n) is 12.3. The van der Waals surface area contributed by atoms with Crippen molar-refractivity contribution < 1.29 is 19.1 Å². The molecule has 182 valence electrons. The van der Waals surface area contributed by atoms with Gasteiger partial charge in [0.1, 0.15) is 11.6 Å². The maximum Gasteiger partial charge on any atom is 0.349 e. The van der Waals surface area contributed by atoms with Crippen molar-refractivity contribution in [2.45, 2.75) is 77.8 Å². The highest BCUT2D eigenvalue weighted by molar-refractivity contribution is 6.00. The molecule has 4 fully saturated rings. The molecule has 1 aromatic heterocycles. The highest BCUT2D eigenvalue weighted by Gasteiger charge is 2.51. The predicted molar refractivity (Wildman–Crippen MR) is 126 cm³/mol. The van der Waals surface area contributed by atoms with Crippen LogP contribution in [-0.4, -0.2) is 34.6 Å². The van der Waals surface area contributed by atoms with E-state index < -0.39 is 24.5 Å². The van der Waals surface area contributed by atoms with Gasteiger partial charge in [0.05, 0.1) is 0 Å². The molecule has 0 unspecified atom stereocenters. The predicted octanol–water partition coefficient (Wildman–Crippen LogP) is 3.76. The first kappa shape index (κ1) is 24.1. The van der Waals surface area contributed by atoms with E-state index in [-0.39, 0.29) is 11.1 Å². The number of imide groups is 1. The average molecular weight is 467 g/mol. The van der Waals surface area contributed by atoms with E-state index in [9.17, 15) is 19.6 Å². The second-order valence-corrected chi connectivity index (χ2v) is 10.4. The van der Waals surface area contributed by atoms with Crippen LogP contribution in [0.5, 0.6) is 0 Å². The Morgan fingerprint density at radius 2 is 1.79 bits per heavy atom. The molecule has 4 bridgehead atoms. The molecule has 4 aliphatic rings. The quantitative estimate of drug-likeness (QED) is 0.361. The molecule has 34 heavy (non-hydrogen) atoms. The fraction of sp³-hybridized carbons (Fsp3) is 0.615. The normalized spacial score (nSPS) is 27.2. The lowest BCUT2D eigenvalue weighted by Crippen LogP contribution is -2.62. The number of nitrogens with zero attached hydrogens (tertiary/aromatic N) is 2. The summed E-state index contributed by atoms with van der Waals surface area (Å²) in [4.78, 5) is 37.1. The van der Waals surface area contributed by atoms with Gasteiger partial charge in [-0.25, -0.2) is 9.59 Å². The lowest BCUT2D eigenvalue weighted by molar-refractivity contribution is -0.144. The molecule has 8 nitrogen and oxygen atoms in total. The van der Waals surface area contributed by atoms with E-state index in [4.69, 9.17) is 4.74 Å². The summed E-state index contributed by atoms with van der Waals surface area (Å²) >= 11 is 0. The summed E-state index contributed by atoms with van der Waals surface area (Å²) in [7, 11) is 0. The second kappa shape index (κ2) is 9.65. The molecule has 0 atom stereocenters. The number of rotatable bonds is 7. The summed E-state index contributed by atoms with van der Waals surface area (Å²) in [6.07, 6.45) is 9.16. The standard InChI is InChI=1S/C26H34N4O4/c1-4-5-30-16(2)6-21(17(30)3)10-22(14-27)24(32)34-15-23(31)28-25(33)29-26-11-18-7-19(12-26)9-20(8-18)13-26/h6,10,18-20H,4-5,7-9,11-13,15H2,1-3H3,(H2,28,29,31,33). The number of aromatic nitrogens is 1. The van der Waals surface area contributed by atoms with Gasteiger partial charge in [0, 0.05) is 23.5 Å². The Hall–Kier alpha value is -3.08. The zero-order valence-electron chi connectivity index (χ0n) is 20.3. The van der Waals surface area contributed by atoms with Crippen LogP contribution in [0, 0.1) is 42.9 Å². The third-order valence-corrected chi connectivity index (χ3v) is 7.70. The Balaban J connectivity index is 1.30. The number of carbonyl (C=O) groups is 3. The molecular weight excluding hydrogens is 432 g/mol. The number of esters is 1. The molecule has 0 spiro atoms. The summed E-state index contributed by atoms with van der Waals surface area (Å²) in [6.45, 7) is 6.22. The van der Waals surface area contributed by atoms with Crippen LogP contribution in [0.15, 0.2) is 11.6 Å². The van der Waals surface area contributed by atoms with Crippen LogP contribution in [0.1, 0.15) is 68.8 Å². The van der Waals surface area contributed by atoms with Crippen molar-refractivity contribution in [2.24, 2.45) is 17.8 Å². The van der Waals surface area contributed by atoms with Gasteiger partial charge in [-0.15, -0.1) is 0 Å². The Morgan fingerprint density at radius 1 is 1.18 bits per heavy atom. The lowest BCUT2D eigenvalue weighted by atomic mass is 9.53. The number of amides is 3. The minimum absolute atomic E-state index is 0.192. The molecule has 8 heteroatoms. The number of carbonyl (C=O) groups excluding carboxylic acids is 3. The van der Waals surface area contributed by atoms with Crippen LogP contribution < -0.4 is 10.6 Å². The van der Waals surface area contributed by atoms with Crippen LogP contribution in [0.4, 0.5) is 4.79 Å². The Kier molecular flexibility index (Phi) is 6.83. The number of aryl methyl sites for hydroxylation is 1. The van der Waals surface area contributed by atoms with Gasteiger partial charge in [0.15, 0.2) is 6.61 Å². The van der Waals surface area contributed by atoms with Gasteiger partial charge >= 0.3 is 12.0 Å². The van der Waals surface area contributed by atoms with Crippen molar-refractivity contribution in [2.75, 3.05) is 6.61 Å². The largest absolute Gasteiger partial charge is 0.451 e. The molecule has 0 aromatic carbocycles. The molecule has 2 N–H and O–H groups in total. The number of urea groups is 1. The summed E-state index contributed by atoms with van der Waals surface area (Å²) in [6, 6.07) is 3.23. The molecule has 1 heterocycles. The van der Waals surface area contributed by atoms with E-state index in [1.807, 2.05) is 26.0 Å². The molecule has 4 aliphatic carbocycles. The highest BCUT2D eigenvalue weighted by atomic mass is 16.5. The topological polar surface area (TPSA) is 113 Å². The zero-order valence-corrected chi connectivity index (χ0v) is 20.3. The van der Waals surface area contributed by atoms with E-state index in [2.05, 4.69) is 22.1 Å². The van der Waals surface area contributed by atoms with E-state index >= 15 is 0 Å². The van der Waals surface area contributed by atoms with Crippen LogP contribution >= 0.6 is 0 Å². The van der Waals surface area contributed by atoms with Crippen LogP contribution in [0.2, 0.25) is 0 Å². The lowest BCUT2D eigenvalue weighted by Gasteiger charge is -2.56. The molecule has 3 amide bonds. The van der Waals surface area contributed by atoms with Gasteiger partial charge in [-0.2, -0.15) is 5.26 Å². The van der Waals surface area contributed by atoms with Gasteiger partial charge in [-0.1, -0.05) is 6.92 Å². The minimum atomic E-state index is -0.889. The van der Waals surface area contributed by atoms with Gasteiger partial charge in [0.25, 0.3) is 5.91 Å². The van der Waals surface area contributed by atoms with Gasteiger partial charge in [-0.3, -0.25) is 10.1 Å². The van der Waals surface area contributed by atoms with E-state index in [1.165, 1.54) is 25.3 Å². The third-order valence-electron chi connectivity index (χ3n) is 7.70. The van der Waals surface area contributed by atoms with Gasteiger partial charge in [0.2, 0.25) is 0 Å². The third kappa shape index (κ3) is 5.03. The van der Waals surface area contributed by atoms with Crippen LogP contribution in [0.3, 0.4) is 0 Å². The molecule has 0 aliphatic heterocycles. The maximum atomic E-state index is 12.5. The summed E-state index contributed by atoms with van der Waals surface area (Å²) in [5, 5.41) is 14.8. The van der Waals surface area contributed by atoms with E-state index in [0.29, 0.717) is 17.8 Å². The van der Waals surface area contributed by atoms with Crippen LogP contribution in [0.25, 0.3) is 6.08 Å².